The van der Waals surface area contributed by atoms with Crippen LogP contribution in [-0.2, 0) is 6.42 Å². The molecule has 4 aliphatic carbocycles. The second kappa shape index (κ2) is 10.1. The number of nitrogens with zero attached hydrogens (tertiary/aromatic N) is 1. The van der Waals surface area contributed by atoms with Crippen molar-refractivity contribution in [3.05, 3.63) is 46.5 Å². The lowest BCUT2D eigenvalue weighted by molar-refractivity contribution is -0.0392. The first-order valence-electron chi connectivity index (χ1n) is 15.7. The van der Waals surface area contributed by atoms with Crippen molar-refractivity contribution in [2.75, 3.05) is 5.32 Å². The lowest BCUT2D eigenvalue weighted by atomic mass is 9.47. The third kappa shape index (κ3) is 4.49. The highest BCUT2D eigenvalue weighted by molar-refractivity contribution is 7.16. The first-order valence-corrected chi connectivity index (χ1v) is 16.5. The van der Waals surface area contributed by atoms with Gasteiger partial charge in [0.05, 0.1) is 10.6 Å². The number of aromatic nitrogens is 1. The Balaban J connectivity index is 1.21. The van der Waals surface area contributed by atoms with Gasteiger partial charge in [-0.3, -0.25) is 0 Å². The van der Waals surface area contributed by atoms with Crippen LogP contribution in [0.2, 0.25) is 0 Å². The fourth-order valence-corrected chi connectivity index (χ4v) is 10.9. The highest BCUT2D eigenvalue weighted by Crippen LogP contribution is 2.68. The maximum absolute atomic E-state index is 5.09. The molecule has 1 aromatic heterocycles. The minimum atomic E-state index is 0.325. The van der Waals surface area contributed by atoms with Gasteiger partial charge in [-0.2, -0.15) is 0 Å². The molecule has 6 rings (SSSR count). The van der Waals surface area contributed by atoms with Crippen molar-refractivity contribution in [1.29, 1.82) is 0 Å². The van der Waals surface area contributed by atoms with E-state index in [4.69, 9.17) is 4.98 Å². The van der Waals surface area contributed by atoms with E-state index in [2.05, 4.69) is 77.2 Å². The molecule has 2 fully saturated rings. The molecule has 0 aliphatic heterocycles. The molecule has 206 valence electrons. The van der Waals surface area contributed by atoms with Gasteiger partial charge in [0.2, 0.25) is 0 Å². The number of anilines is 2. The summed E-state index contributed by atoms with van der Waals surface area (Å²) in [5, 5.41) is 4.67. The Bertz CT molecular complexity index is 1180. The molecule has 7 atom stereocenters. The average molecular weight is 531 g/mol. The van der Waals surface area contributed by atoms with Gasteiger partial charge in [-0.25, -0.2) is 4.98 Å². The Morgan fingerprint density at radius 2 is 1.79 bits per heavy atom. The summed E-state index contributed by atoms with van der Waals surface area (Å²) in [4.78, 5) is 6.58. The van der Waals surface area contributed by atoms with Crippen LogP contribution >= 0.6 is 11.3 Å². The standard InChI is InChI=1S/C35H50N2S/c1-22(2)8-7-9-24(4)27-16-17-28-26-14-15-30-32-31(19-21-35(30,6)29(26)18-20-34(27,28)5)37-33(38-32)36-25-12-10-23(3)11-13-25/h10-13,15,22,24,26-29H,7-9,14,16-21H2,1-6H3,(H,36,37)/t24?,26-,27?,28-,29-,34+,35+/m0/s1. The molecular weight excluding hydrogens is 480 g/mol. The minimum absolute atomic E-state index is 0.325. The summed E-state index contributed by atoms with van der Waals surface area (Å²) < 4.78 is 0. The van der Waals surface area contributed by atoms with Crippen molar-refractivity contribution in [1.82, 2.24) is 4.98 Å². The largest absolute Gasteiger partial charge is 0.332 e. The van der Waals surface area contributed by atoms with Crippen LogP contribution in [0, 0.1) is 53.3 Å². The average Bonchev–Trinajstić information content (AvgIpc) is 3.45. The Morgan fingerprint density at radius 3 is 2.55 bits per heavy atom. The van der Waals surface area contributed by atoms with Crippen molar-refractivity contribution < 1.29 is 0 Å². The van der Waals surface area contributed by atoms with Gasteiger partial charge < -0.3 is 5.32 Å². The molecule has 38 heavy (non-hydrogen) atoms. The normalized spacial score (nSPS) is 34.7. The van der Waals surface area contributed by atoms with E-state index in [-0.39, 0.29) is 0 Å². The summed E-state index contributed by atoms with van der Waals surface area (Å²) in [6.45, 7) is 14.9. The number of thiazole rings is 1. The van der Waals surface area contributed by atoms with Gasteiger partial charge >= 0.3 is 0 Å². The van der Waals surface area contributed by atoms with Gasteiger partial charge in [0.15, 0.2) is 5.13 Å². The number of allylic oxidation sites excluding steroid dienone is 2. The number of hydrogen-bond donors (Lipinski definition) is 1. The predicted octanol–water partition coefficient (Wildman–Crippen LogP) is 10.5. The lowest BCUT2D eigenvalue weighted by Crippen LogP contribution is -2.49. The van der Waals surface area contributed by atoms with E-state index in [0.717, 1.165) is 52.7 Å². The molecule has 0 saturated heterocycles. The summed E-state index contributed by atoms with van der Waals surface area (Å²) in [6.07, 6.45) is 16.5. The summed E-state index contributed by atoms with van der Waals surface area (Å²) in [5.74, 6) is 5.33. The molecule has 1 aromatic carbocycles. The van der Waals surface area contributed by atoms with Crippen LogP contribution in [0.25, 0.3) is 5.57 Å². The maximum atomic E-state index is 5.09. The van der Waals surface area contributed by atoms with Gasteiger partial charge in [0.1, 0.15) is 0 Å². The molecule has 0 radical (unpaired) electrons. The third-order valence-electron chi connectivity index (χ3n) is 11.8. The second-order valence-electron chi connectivity index (χ2n) is 14.5. The lowest BCUT2D eigenvalue weighted by Gasteiger charge is -2.57. The van der Waals surface area contributed by atoms with Crippen LogP contribution in [0.1, 0.15) is 109 Å². The number of hydrogen-bond acceptors (Lipinski definition) is 3. The van der Waals surface area contributed by atoms with Gasteiger partial charge in [-0.1, -0.05) is 89.0 Å². The molecule has 2 unspecified atom stereocenters. The number of fused-ring (bicyclic) bond motifs is 7. The minimum Gasteiger partial charge on any atom is -0.332 e. The zero-order chi connectivity index (χ0) is 26.7. The summed E-state index contributed by atoms with van der Waals surface area (Å²) in [5.41, 5.74) is 6.31. The quantitative estimate of drug-likeness (QED) is 0.385. The highest BCUT2D eigenvalue weighted by Gasteiger charge is 2.59. The first-order chi connectivity index (χ1) is 18.2. The first kappa shape index (κ1) is 26.6. The topological polar surface area (TPSA) is 24.9 Å². The van der Waals surface area contributed by atoms with Crippen LogP contribution in [0.4, 0.5) is 10.8 Å². The van der Waals surface area contributed by atoms with E-state index < -0.39 is 0 Å². The predicted molar refractivity (Wildman–Crippen MR) is 164 cm³/mol. The number of rotatable bonds is 7. The molecule has 1 heterocycles. The van der Waals surface area contributed by atoms with E-state index in [1.54, 1.807) is 5.57 Å². The Morgan fingerprint density at radius 1 is 1.00 bits per heavy atom. The Labute approximate surface area is 236 Å². The number of nitrogens with one attached hydrogen (secondary N) is 1. The van der Waals surface area contributed by atoms with E-state index in [1.165, 1.54) is 73.9 Å². The molecule has 0 spiro atoms. The number of benzene rings is 1. The highest BCUT2D eigenvalue weighted by atomic mass is 32.1. The van der Waals surface area contributed by atoms with Crippen LogP contribution in [0.15, 0.2) is 30.3 Å². The molecule has 1 N–H and O–H groups in total. The van der Waals surface area contributed by atoms with Crippen molar-refractivity contribution in [2.24, 2.45) is 46.3 Å². The van der Waals surface area contributed by atoms with Gasteiger partial charge in [-0.15, -0.1) is 0 Å². The monoisotopic (exact) mass is 530 g/mol. The van der Waals surface area contributed by atoms with Crippen molar-refractivity contribution in [3.8, 4) is 0 Å². The molecule has 0 amide bonds. The molecule has 2 nitrogen and oxygen atoms in total. The van der Waals surface area contributed by atoms with Crippen LogP contribution in [0.5, 0.6) is 0 Å². The van der Waals surface area contributed by atoms with Gasteiger partial charge in [-0.05, 0) is 116 Å². The van der Waals surface area contributed by atoms with E-state index >= 15 is 0 Å². The maximum Gasteiger partial charge on any atom is 0.187 e. The molecular formula is C35H50N2S. The molecule has 4 aliphatic rings. The summed E-state index contributed by atoms with van der Waals surface area (Å²) >= 11 is 1.90. The van der Waals surface area contributed by atoms with Gasteiger partial charge in [0.25, 0.3) is 0 Å². The smallest absolute Gasteiger partial charge is 0.187 e. The summed E-state index contributed by atoms with van der Waals surface area (Å²) in [7, 11) is 0. The van der Waals surface area contributed by atoms with E-state index in [9.17, 15) is 0 Å². The van der Waals surface area contributed by atoms with Crippen molar-refractivity contribution in [2.45, 2.75) is 106 Å². The van der Waals surface area contributed by atoms with Crippen LogP contribution in [-0.4, -0.2) is 4.98 Å². The van der Waals surface area contributed by atoms with Crippen LogP contribution in [0.3, 0.4) is 0 Å². The van der Waals surface area contributed by atoms with E-state index in [1.807, 2.05) is 11.3 Å². The number of aryl methyl sites for hydroxylation is 2. The van der Waals surface area contributed by atoms with Crippen LogP contribution < -0.4 is 5.32 Å². The Kier molecular flexibility index (Phi) is 7.07. The zero-order valence-corrected chi connectivity index (χ0v) is 25.6. The van der Waals surface area contributed by atoms with Gasteiger partial charge in [0, 0.05) is 5.69 Å². The third-order valence-corrected chi connectivity index (χ3v) is 12.8. The van der Waals surface area contributed by atoms with Crippen molar-refractivity contribution >= 4 is 27.7 Å². The SMILES string of the molecule is Cc1ccc(Nc2nc3c(s2)C2=CC[C@@H]4[C@H](CC[C@]5(C)C(C(C)CCCC(C)C)CC[C@@H]45)[C@@]2(C)CC3)cc1. The van der Waals surface area contributed by atoms with E-state index in [0.29, 0.717) is 10.8 Å². The summed E-state index contributed by atoms with van der Waals surface area (Å²) in [6, 6.07) is 8.69. The zero-order valence-electron chi connectivity index (χ0n) is 24.8. The second-order valence-corrected chi connectivity index (χ2v) is 15.5. The molecule has 0 bridgehead atoms. The molecule has 3 heteroatoms. The fourth-order valence-electron chi connectivity index (χ4n) is 9.71. The molecule has 2 saturated carbocycles. The van der Waals surface area contributed by atoms with Crippen molar-refractivity contribution in [3.63, 3.8) is 0 Å². The Hall–Kier alpha value is -1.61. The molecule has 2 aromatic rings. The fraction of sp³-hybridized carbons (Fsp3) is 0.686.